The maximum atomic E-state index is 9.27. The number of rotatable bonds is 5. The van der Waals surface area contributed by atoms with Gasteiger partial charge in [-0.15, -0.1) is 11.8 Å². The van der Waals surface area contributed by atoms with Gasteiger partial charge < -0.3 is 10.4 Å². The van der Waals surface area contributed by atoms with Crippen LogP contribution in [0.15, 0.2) is 53.4 Å². The zero-order valence-corrected chi connectivity index (χ0v) is 12.9. The number of nitrogens with one attached hydrogen (secondary N) is 1. The summed E-state index contributed by atoms with van der Waals surface area (Å²) in [6.07, 6.45) is 5.52. The molecular weight excluding hydrogens is 278 g/mol. The van der Waals surface area contributed by atoms with Gasteiger partial charge in [0.15, 0.2) is 0 Å². The van der Waals surface area contributed by atoms with Crippen molar-refractivity contribution < 1.29 is 5.11 Å². The summed E-state index contributed by atoms with van der Waals surface area (Å²) in [5, 5.41) is 13.5. The average molecular weight is 299 g/mol. The number of thioether (sulfide) groups is 1. The van der Waals surface area contributed by atoms with E-state index in [0.717, 1.165) is 23.0 Å². The maximum Gasteiger partial charge on any atom is 0.115 e. The molecule has 2 aromatic rings. The first-order valence-electron chi connectivity index (χ1n) is 7.58. The van der Waals surface area contributed by atoms with E-state index >= 15 is 0 Å². The molecule has 1 saturated carbocycles. The SMILES string of the molecule is Oc1ccc(CNc2ccc(SC3CCCC3)cc2)cc1. The Balaban J connectivity index is 1.52. The molecule has 1 fully saturated rings. The van der Waals surface area contributed by atoms with Crippen LogP contribution < -0.4 is 5.32 Å². The normalized spacial score (nSPS) is 15.2. The molecule has 2 aromatic carbocycles. The average Bonchev–Trinajstić information content (AvgIpc) is 3.01. The predicted octanol–water partition coefficient (Wildman–Crippen LogP) is 5.04. The van der Waals surface area contributed by atoms with Crippen LogP contribution in [0.5, 0.6) is 5.75 Å². The highest BCUT2D eigenvalue weighted by molar-refractivity contribution is 8.00. The molecule has 0 saturated heterocycles. The fourth-order valence-electron chi connectivity index (χ4n) is 2.67. The molecule has 0 unspecified atom stereocenters. The van der Waals surface area contributed by atoms with Gasteiger partial charge in [0.25, 0.3) is 0 Å². The zero-order valence-electron chi connectivity index (χ0n) is 12.1. The van der Waals surface area contributed by atoms with E-state index in [9.17, 15) is 5.11 Å². The number of phenolic OH excluding ortho intramolecular Hbond substituents is 1. The molecule has 3 rings (SSSR count). The minimum Gasteiger partial charge on any atom is -0.508 e. The zero-order chi connectivity index (χ0) is 14.5. The van der Waals surface area contributed by atoms with Crippen molar-refractivity contribution in [1.82, 2.24) is 0 Å². The highest BCUT2D eigenvalue weighted by Crippen LogP contribution is 2.34. The third-order valence-electron chi connectivity index (χ3n) is 3.89. The third-order valence-corrected chi connectivity index (χ3v) is 5.24. The highest BCUT2D eigenvalue weighted by Gasteiger charge is 2.15. The second kappa shape index (κ2) is 6.90. The lowest BCUT2D eigenvalue weighted by Gasteiger charge is -2.10. The molecule has 0 radical (unpaired) electrons. The molecule has 0 atom stereocenters. The van der Waals surface area contributed by atoms with Crippen molar-refractivity contribution in [2.24, 2.45) is 0 Å². The van der Waals surface area contributed by atoms with Crippen molar-refractivity contribution >= 4 is 17.4 Å². The van der Waals surface area contributed by atoms with Crippen LogP contribution in [0.4, 0.5) is 5.69 Å². The molecule has 0 heterocycles. The van der Waals surface area contributed by atoms with Gasteiger partial charge in [-0.3, -0.25) is 0 Å². The second-order valence-electron chi connectivity index (χ2n) is 5.57. The summed E-state index contributed by atoms with van der Waals surface area (Å²) in [5.74, 6) is 0.312. The summed E-state index contributed by atoms with van der Waals surface area (Å²) in [7, 11) is 0. The number of aromatic hydroxyl groups is 1. The van der Waals surface area contributed by atoms with Gasteiger partial charge in [0, 0.05) is 22.4 Å². The molecule has 0 spiro atoms. The van der Waals surface area contributed by atoms with Crippen LogP contribution in [-0.4, -0.2) is 10.4 Å². The van der Waals surface area contributed by atoms with Crippen LogP contribution in [0.3, 0.4) is 0 Å². The first-order chi connectivity index (χ1) is 10.3. The van der Waals surface area contributed by atoms with E-state index in [1.807, 2.05) is 23.9 Å². The maximum absolute atomic E-state index is 9.27. The summed E-state index contributed by atoms with van der Waals surface area (Å²) in [4.78, 5) is 1.37. The van der Waals surface area contributed by atoms with Crippen LogP contribution in [0.2, 0.25) is 0 Å². The predicted molar refractivity (Wildman–Crippen MR) is 90.0 cm³/mol. The standard InChI is InChI=1S/C18H21NOS/c20-16-9-5-14(6-10-16)13-19-15-7-11-18(12-8-15)21-17-3-1-2-4-17/h5-12,17,19-20H,1-4,13H2. The monoisotopic (exact) mass is 299 g/mol. The smallest absolute Gasteiger partial charge is 0.115 e. The Kier molecular flexibility index (Phi) is 4.71. The summed E-state index contributed by atoms with van der Waals surface area (Å²) in [5.41, 5.74) is 2.30. The molecule has 1 aliphatic rings. The van der Waals surface area contributed by atoms with Gasteiger partial charge in [-0.1, -0.05) is 25.0 Å². The van der Waals surface area contributed by atoms with E-state index in [1.165, 1.54) is 30.6 Å². The van der Waals surface area contributed by atoms with Crippen molar-refractivity contribution in [1.29, 1.82) is 0 Å². The van der Waals surface area contributed by atoms with Crippen LogP contribution in [0.1, 0.15) is 31.2 Å². The van der Waals surface area contributed by atoms with E-state index in [2.05, 4.69) is 29.6 Å². The lowest BCUT2D eigenvalue weighted by molar-refractivity contribution is 0.475. The van der Waals surface area contributed by atoms with Crippen molar-refractivity contribution in [2.45, 2.75) is 42.4 Å². The van der Waals surface area contributed by atoms with E-state index < -0.39 is 0 Å². The van der Waals surface area contributed by atoms with E-state index in [4.69, 9.17) is 0 Å². The van der Waals surface area contributed by atoms with Gasteiger partial charge >= 0.3 is 0 Å². The van der Waals surface area contributed by atoms with Gasteiger partial charge in [0.05, 0.1) is 0 Å². The largest absolute Gasteiger partial charge is 0.508 e. The van der Waals surface area contributed by atoms with E-state index in [1.54, 1.807) is 12.1 Å². The Morgan fingerprint density at radius 2 is 1.62 bits per heavy atom. The number of benzene rings is 2. The second-order valence-corrected chi connectivity index (χ2v) is 6.94. The Morgan fingerprint density at radius 1 is 0.952 bits per heavy atom. The number of anilines is 1. The highest BCUT2D eigenvalue weighted by atomic mass is 32.2. The molecule has 21 heavy (non-hydrogen) atoms. The molecule has 2 nitrogen and oxygen atoms in total. The van der Waals surface area contributed by atoms with E-state index in [-0.39, 0.29) is 0 Å². The van der Waals surface area contributed by atoms with Crippen molar-refractivity contribution in [3.8, 4) is 5.75 Å². The van der Waals surface area contributed by atoms with Gasteiger partial charge in [0.1, 0.15) is 5.75 Å². The van der Waals surface area contributed by atoms with Crippen molar-refractivity contribution in [3.05, 3.63) is 54.1 Å². The Morgan fingerprint density at radius 3 is 2.29 bits per heavy atom. The third kappa shape index (κ3) is 4.18. The number of phenols is 1. The molecule has 0 bridgehead atoms. The first-order valence-corrected chi connectivity index (χ1v) is 8.46. The number of hydrogen-bond donors (Lipinski definition) is 2. The molecular formula is C18H21NOS. The molecule has 110 valence electrons. The molecule has 2 N–H and O–H groups in total. The molecule has 3 heteroatoms. The Bertz CT molecular complexity index is 559. The van der Waals surface area contributed by atoms with Crippen LogP contribution in [0.25, 0.3) is 0 Å². The fraction of sp³-hybridized carbons (Fsp3) is 0.333. The van der Waals surface area contributed by atoms with Crippen LogP contribution in [-0.2, 0) is 6.54 Å². The van der Waals surface area contributed by atoms with Gasteiger partial charge in [0.2, 0.25) is 0 Å². The van der Waals surface area contributed by atoms with E-state index in [0.29, 0.717) is 5.75 Å². The quantitative estimate of drug-likeness (QED) is 0.811. The van der Waals surface area contributed by atoms with Gasteiger partial charge in [-0.25, -0.2) is 0 Å². The summed E-state index contributed by atoms with van der Waals surface area (Å²) < 4.78 is 0. The Labute approximate surface area is 130 Å². The van der Waals surface area contributed by atoms with Crippen LogP contribution >= 0.6 is 11.8 Å². The summed E-state index contributed by atoms with van der Waals surface area (Å²) >= 11 is 2.02. The van der Waals surface area contributed by atoms with Crippen molar-refractivity contribution in [2.75, 3.05) is 5.32 Å². The molecule has 0 aliphatic heterocycles. The van der Waals surface area contributed by atoms with Gasteiger partial charge in [-0.05, 0) is 54.8 Å². The molecule has 0 aromatic heterocycles. The Hall–Kier alpha value is -1.61. The minimum absolute atomic E-state index is 0.312. The van der Waals surface area contributed by atoms with Crippen LogP contribution in [0, 0.1) is 0 Å². The van der Waals surface area contributed by atoms with Gasteiger partial charge in [-0.2, -0.15) is 0 Å². The summed E-state index contributed by atoms with van der Waals surface area (Å²) in [6.45, 7) is 0.773. The lowest BCUT2D eigenvalue weighted by atomic mass is 10.2. The minimum atomic E-state index is 0.312. The lowest BCUT2D eigenvalue weighted by Crippen LogP contribution is -1.99. The topological polar surface area (TPSA) is 32.3 Å². The fourth-order valence-corrected chi connectivity index (χ4v) is 3.92. The van der Waals surface area contributed by atoms with Crippen molar-refractivity contribution in [3.63, 3.8) is 0 Å². The first kappa shape index (κ1) is 14.3. The molecule has 1 aliphatic carbocycles. The number of hydrogen-bond acceptors (Lipinski definition) is 3. The molecule has 0 amide bonds. The summed E-state index contributed by atoms with van der Waals surface area (Å²) in [6, 6.07) is 16.0.